The maximum atomic E-state index is 14.3. The number of aromatic nitrogens is 5. The number of carbonyl (C=O) groups is 1. The predicted molar refractivity (Wildman–Crippen MR) is 110 cm³/mol. The Hall–Kier alpha value is -3.20. The van der Waals surface area contributed by atoms with Crippen LogP contribution in [-0.4, -0.2) is 55.7 Å². The fraction of sp³-hybridized carbons (Fsp3) is 0.412. The van der Waals surface area contributed by atoms with Crippen LogP contribution in [0.4, 0.5) is 34.2 Å². The van der Waals surface area contributed by atoms with E-state index in [4.69, 9.17) is 11.5 Å². The molecular formula is C17H19F4N9OS. The molecule has 1 aliphatic rings. The van der Waals surface area contributed by atoms with Gasteiger partial charge in [0.25, 0.3) is 17.8 Å². The fourth-order valence-electron chi connectivity index (χ4n) is 3.55. The zero-order chi connectivity index (χ0) is 23.2. The summed E-state index contributed by atoms with van der Waals surface area (Å²) in [5, 5.41) is 9.69. The SMILES string of the molecule is Cn1ncc(NC(=O)c2nc(-c3cnn(F)c3F)sc2N)c1N1CC[C@@H](N)CC(F)(F)C1. The molecule has 4 heterocycles. The highest BCUT2D eigenvalue weighted by Crippen LogP contribution is 2.35. The Balaban J connectivity index is 1.60. The van der Waals surface area contributed by atoms with E-state index in [1.54, 1.807) is 7.05 Å². The van der Waals surface area contributed by atoms with Gasteiger partial charge in [-0.05, 0) is 6.42 Å². The lowest BCUT2D eigenvalue weighted by molar-refractivity contribution is -0.000527. The van der Waals surface area contributed by atoms with Crippen LogP contribution in [0.2, 0.25) is 0 Å². The number of nitrogens with zero attached hydrogens (tertiary/aromatic N) is 6. The van der Waals surface area contributed by atoms with E-state index >= 15 is 0 Å². The lowest BCUT2D eigenvalue weighted by atomic mass is 10.1. The zero-order valence-electron chi connectivity index (χ0n) is 16.7. The summed E-state index contributed by atoms with van der Waals surface area (Å²) in [6.45, 7) is -0.340. The van der Waals surface area contributed by atoms with Crippen LogP contribution in [0.5, 0.6) is 0 Å². The van der Waals surface area contributed by atoms with Gasteiger partial charge in [0, 0.05) is 26.1 Å². The maximum absolute atomic E-state index is 14.3. The summed E-state index contributed by atoms with van der Waals surface area (Å²) in [4.78, 5) is 17.7. The van der Waals surface area contributed by atoms with Gasteiger partial charge in [-0.3, -0.25) is 9.48 Å². The lowest BCUT2D eigenvalue weighted by Gasteiger charge is -2.26. The van der Waals surface area contributed by atoms with E-state index in [0.29, 0.717) is 6.42 Å². The Morgan fingerprint density at radius 2 is 2.09 bits per heavy atom. The van der Waals surface area contributed by atoms with E-state index < -0.39 is 41.7 Å². The standard InChI is InChI=1S/C17H19F4N9OS/c1-28-16(29-3-2-8(22)4-17(19,20)7-29)10(6-24-28)26-14(31)11-13(23)32-15(27-11)9-5-25-30(21)12(9)18/h5-6,8H,2-4,7,22-23H2,1H3,(H,26,31)/t8-/m1/s1. The Bertz CT molecular complexity index is 1160. The van der Waals surface area contributed by atoms with Crippen LogP contribution in [0.1, 0.15) is 23.3 Å². The second-order valence-electron chi connectivity index (χ2n) is 7.43. The molecule has 0 aliphatic carbocycles. The molecule has 5 N–H and O–H groups in total. The number of halogens is 4. The quantitative estimate of drug-likeness (QED) is 0.494. The van der Waals surface area contributed by atoms with Crippen molar-refractivity contribution in [1.29, 1.82) is 0 Å². The van der Waals surface area contributed by atoms with Crippen molar-refractivity contribution in [2.24, 2.45) is 12.8 Å². The molecule has 0 bridgehead atoms. The average molecular weight is 473 g/mol. The fourth-order valence-corrected chi connectivity index (χ4v) is 4.38. The first-order valence-electron chi connectivity index (χ1n) is 9.44. The monoisotopic (exact) mass is 473 g/mol. The third kappa shape index (κ3) is 4.12. The first kappa shape index (κ1) is 22.0. The summed E-state index contributed by atoms with van der Waals surface area (Å²) >= 11 is 0.776. The van der Waals surface area contributed by atoms with Gasteiger partial charge in [-0.25, -0.2) is 13.8 Å². The summed E-state index contributed by atoms with van der Waals surface area (Å²) in [5.41, 5.74) is 11.3. The zero-order valence-corrected chi connectivity index (χ0v) is 17.5. The molecule has 32 heavy (non-hydrogen) atoms. The van der Waals surface area contributed by atoms with E-state index in [0.717, 1.165) is 17.5 Å². The molecule has 3 aromatic rings. The van der Waals surface area contributed by atoms with Gasteiger partial charge in [-0.2, -0.15) is 9.49 Å². The third-order valence-corrected chi connectivity index (χ3v) is 5.90. The number of anilines is 3. The molecule has 172 valence electrons. The number of nitrogen functional groups attached to an aromatic ring is 1. The molecule has 1 saturated heterocycles. The molecule has 1 aliphatic heterocycles. The largest absolute Gasteiger partial charge is 0.389 e. The molecule has 0 saturated carbocycles. The predicted octanol–water partition coefficient (Wildman–Crippen LogP) is 2.01. The first-order chi connectivity index (χ1) is 15.1. The molecule has 1 fully saturated rings. The molecule has 0 aromatic carbocycles. The highest BCUT2D eigenvalue weighted by atomic mass is 32.1. The molecule has 0 unspecified atom stereocenters. The third-order valence-electron chi connectivity index (χ3n) is 4.98. The minimum Gasteiger partial charge on any atom is -0.389 e. The molecular weight excluding hydrogens is 454 g/mol. The van der Waals surface area contributed by atoms with Gasteiger partial charge in [-0.15, -0.1) is 5.10 Å². The number of rotatable bonds is 4. The second kappa shape index (κ2) is 8.05. The van der Waals surface area contributed by atoms with Crippen LogP contribution in [0.3, 0.4) is 0 Å². The minimum absolute atomic E-state index is 0.0402. The number of aryl methyl sites for hydroxylation is 1. The lowest BCUT2D eigenvalue weighted by Crippen LogP contribution is -2.37. The minimum atomic E-state index is -3.01. The van der Waals surface area contributed by atoms with Crippen molar-refractivity contribution in [1.82, 2.24) is 24.8 Å². The van der Waals surface area contributed by atoms with E-state index in [2.05, 4.69) is 20.5 Å². The summed E-state index contributed by atoms with van der Waals surface area (Å²) < 4.78 is 56.8. The Morgan fingerprint density at radius 3 is 2.78 bits per heavy atom. The normalized spacial score (nSPS) is 18.6. The van der Waals surface area contributed by atoms with Gasteiger partial charge < -0.3 is 21.7 Å². The number of thiazole rings is 1. The van der Waals surface area contributed by atoms with Gasteiger partial charge in [0.1, 0.15) is 15.7 Å². The van der Waals surface area contributed by atoms with Crippen LogP contribution in [-0.2, 0) is 7.05 Å². The molecule has 15 heteroatoms. The Kier molecular flexibility index (Phi) is 5.54. The van der Waals surface area contributed by atoms with Gasteiger partial charge in [0.05, 0.1) is 24.5 Å². The van der Waals surface area contributed by atoms with Crippen molar-refractivity contribution in [2.75, 3.05) is 29.0 Å². The maximum Gasteiger partial charge on any atom is 0.277 e. The van der Waals surface area contributed by atoms with Gasteiger partial charge in [-0.1, -0.05) is 20.7 Å². The van der Waals surface area contributed by atoms with E-state index in [1.807, 2.05) is 0 Å². The van der Waals surface area contributed by atoms with Crippen LogP contribution in [0.25, 0.3) is 10.6 Å². The number of hydrogen-bond donors (Lipinski definition) is 3. The number of nitrogens with one attached hydrogen (secondary N) is 1. The summed E-state index contributed by atoms with van der Waals surface area (Å²) in [5.74, 6) is -4.78. The molecule has 0 spiro atoms. The van der Waals surface area contributed by atoms with Crippen LogP contribution in [0.15, 0.2) is 12.4 Å². The number of amides is 1. The summed E-state index contributed by atoms with van der Waals surface area (Å²) in [7, 11) is 1.56. The topological polar surface area (TPSA) is 133 Å². The van der Waals surface area contributed by atoms with E-state index in [-0.39, 0.29) is 39.3 Å². The van der Waals surface area contributed by atoms with Gasteiger partial charge >= 0.3 is 0 Å². The van der Waals surface area contributed by atoms with Crippen LogP contribution < -0.4 is 21.7 Å². The number of hydrogen-bond acceptors (Lipinski definition) is 8. The number of carbonyl (C=O) groups excluding carboxylic acids is 1. The summed E-state index contributed by atoms with van der Waals surface area (Å²) in [6, 6.07) is -0.649. The van der Waals surface area contributed by atoms with Crippen LogP contribution >= 0.6 is 11.3 Å². The van der Waals surface area contributed by atoms with Gasteiger partial charge in [0.2, 0.25) is 0 Å². The van der Waals surface area contributed by atoms with Crippen molar-refractivity contribution in [3.63, 3.8) is 0 Å². The molecule has 4 rings (SSSR count). The molecule has 1 amide bonds. The van der Waals surface area contributed by atoms with Crippen LogP contribution in [0, 0.1) is 5.95 Å². The van der Waals surface area contributed by atoms with E-state index in [9.17, 15) is 22.4 Å². The first-order valence-corrected chi connectivity index (χ1v) is 10.3. The van der Waals surface area contributed by atoms with E-state index in [1.165, 1.54) is 15.8 Å². The molecule has 3 aromatic heterocycles. The molecule has 0 radical (unpaired) electrons. The number of alkyl halides is 2. The summed E-state index contributed by atoms with van der Waals surface area (Å²) in [6.07, 6.45) is 2.13. The van der Waals surface area contributed by atoms with Crippen molar-refractivity contribution in [3.8, 4) is 10.6 Å². The van der Waals surface area contributed by atoms with Crippen molar-refractivity contribution in [3.05, 3.63) is 24.0 Å². The Morgan fingerprint density at radius 1 is 1.34 bits per heavy atom. The average Bonchev–Trinajstić information content (AvgIpc) is 3.33. The molecule has 10 nitrogen and oxygen atoms in total. The molecule has 1 atom stereocenters. The Labute approximate surface area is 182 Å². The number of nitrogens with two attached hydrogens (primary N) is 2. The highest BCUT2D eigenvalue weighted by Gasteiger charge is 2.38. The van der Waals surface area contributed by atoms with Crippen molar-refractivity contribution in [2.45, 2.75) is 24.8 Å². The van der Waals surface area contributed by atoms with Gasteiger partial charge in [0.15, 0.2) is 11.5 Å². The highest BCUT2D eigenvalue weighted by molar-refractivity contribution is 7.19. The van der Waals surface area contributed by atoms with Crippen molar-refractivity contribution < 1.29 is 22.4 Å². The van der Waals surface area contributed by atoms with Crippen molar-refractivity contribution >= 4 is 33.8 Å². The second-order valence-corrected chi connectivity index (χ2v) is 8.46. The smallest absolute Gasteiger partial charge is 0.277 e.